The van der Waals surface area contributed by atoms with Crippen LogP contribution in [-0.4, -0.2) is 51.7 Å². The minimum atomic E-state index is -0.450. The number of nitrogens with one attached hydrogen (secondary N) is 1. The third-order valence-corrected chi connectivity index (χ3v) is 7.35. The van der Waals surface area contributed by atoms with E-state index in [4.69, 9.17) is 4.74 Å². The highest BCUT2D eigenvalue weighted by molar-refractivity contribution is 6.01. The fourth-order valence-corrected chi connectivity index (χ4v) is 5.34. The second kappa shape index (κ2) is 9.31. The van der Waals surface area contributed by atoms with E-state index in [-0.39, 0.29) is 23.9 Å². The molecule has 3 heterocycles. The van der Waals surface area contributed by atoms with Crippen LogP contribution in [0, 0.1) is 5.92 Å². The van der Waals surface area contributed by atoms with Crippen LogP contribution in [0.25, 0.3) is 0 Å². The molecular weight excluding hydrogens is 418 g/mol. The summed E-state index contributed by atoms with van der Waals surface area (Å²) in [5.41, 5.74) is 2.85. The highest BCUT2D eigenvalue weighted by atomic mass is 16.5. The van der Waals surface area contributed by atoms with Gasteiger partial charge in [0.25, 0.3) is 11.8 Å². The SMILES string of the molecule is CCC(NC(=O)c1cc(C(=O)N2CCCC2C(O)C2CC2)n2c1COCC2)c1ccccc1. The zero-order chi connectivity index (χ0) is 22.9. The Balaban J connectivity index is 1.41. The fourth-order valence-electron chi connectivity index (χ4n) is 5.34. The molecule has 7 heteroatoms. The Morgan fingerprint density at radius 1 is 1.18 bits per heavy atom. The lowest BCUT2D eigenvalue weighted by atomic mass is 10.0. The van der Waals surface area contributed by atoms with Gasteiger partial charge in [-0.15, -0.1) is 0 Å². The predicted octanol–water partition coefficient (Wildman–Crippen LogP) is 3.27. The average Bonchev–Trinajstić information content (AvgIpc) is 3.46. The second-order valence-electron chi connectivity index (χ2n) is 9.48. The van der Waals surface area contributed by atoms with Gasteiger partial charge in [-0.2, -0.15) is 0 Å². The van der Waals surface area contributed by atoms with Crippen molar-refractivity contribution in [1.82, 2.24) is 14.8 Å². The van der Waals surface area contributed by atoms with E-state index in [1.165, 1.54) is 0 Å². The standard InChI is InChI=1S/C26H33N3O4/c1-2-20(17-7-4-3-5-8-17)27-25(31)19-15-22(28-13-14-33-16-23(19)28)26(32)29-12-6-9-21(29)24(30)18-10-11-18/h3-5,7-8,15,18,20-21,24,30H,2,6,9-14,16H2,1H3,(H,27,31). The first-order valence-electron chi connectivity index (χ1n) is 12.2. The molecule has 2 amide bonds. The van der Waals surface area contributed by atoms with Crippen molar-refractivity contribution in [3.63, 3.8) is 0 Å². The Kier molecular flexibility index (Phi) is 6.25. The highest BCUT2D eigenvalue weighted by Gasteiger charge is 2.42. The maximum Gasteiger partial charge on any atom is 0.270 e. The summed E-state index contributed by atoms with van der Waals surface area (Å²) in [5.74, 6) is 0.0489. The summed E-state index contributed by atoms with van der Waals surface area (Å²) in [7, 11) is 0. The third kappa shape index (κ3) is 4.32. The molecule has 2 N–H and O–H groups in total. The molecule has 3 unspecified atom stereocenters. The lowest BCUT2D eigenvalue weighted by molar-refractivity contribution is 0.0398. The molecule has 1 saturated heterocycles. The summed E-state index contributed by atoms with van der Waals surface area (Å²) in [4.78, 5) is 28.8. The smallest absolute Gasteiger partial charge is 0.270 e. The number of hydrogen-bond donors (Lipinski definition) is 2. The molecule has 2 fully saturated rings. The number of ether oxygens (including phenoxy) is 1. The molecule has 1 saturated carbocycles. The van der Waals surface area contributed by atoms with Crippen LogP contribution in [0.2, 0.25) is 0 Å². The maximum absolute atomic E-state index is 13.6. The summed E-state index contributed by atoms with van der Waals surface area (Å²) < 4.78 is 7.60. The molecule has 2 aliphatic heterocycles. The van der Waals surface area contributed by atoms with Gasteiger partial charge >= 0.3 is 0 Å². The minimum absolute atomic E-state index is 0.0884. The van der Waals surface area contributed by atoms with Crippen molar-refractivity contribution >= 4 is 11.8 Å². The molecule has 0 radical (unpaired) electrons. The van der Waals surface area contributed by atoms with Crippen LogP contribution in [0.5, 0.6) is 0 Å². The van der Waals surface area contributed by atoms with Gasteiger partial charge in [0.15, 0.2) is 0 Å². The first-order valence-corrected chi connectivity index (χ1v) is 12.2. The molecule has 1 aromatic carbocycles. The van der Waals surface area contributed by atoms with Gasteiger partial charge in [-0.05, 0) is 49.7 Å². The van der Waals surface area contributed by atoms with Crippen LogP contribution in [-0.2, 0) is 17.9 Å². The third-order valence-electron chi connectivity index (χ3n) is 7.35. The van der Waals surface area contributed by atoms with Crippen LogP contribution in [0.1, 0.15) is 77.2 Å². The first-order chi connectivity index (χ1) is 16.1. The summed E-state index contributed by atoms with van der Waals surface area (Å²) in [5, 5.41) is 13.9. The molecule has 2 aromatic rings. The molecule has 3 atom stereocenters. The predicted molar refractivity (Wildman–Crippen MR) is 124 cm³/mol. The highest BCUT2D eigenvalue weighted by Crippen LogP contribution is 2.38. The molecule has 33 heavy (non-hydrogen) atoms. The van der Waals surface area contributed by atoms with Gasteiger partial charge < -0.3 is 24.6 Å². The number of amides is 2. The molecule has 3 aliphatic rings. The van der Waals surface area contributed by atoms with Crippen molar-refractivity contribution in [2.75, 3.05) is 13.2 Å². The monoisotopic (exact) mass is 451 g/mol. The second-order valence-corrected chi connectivity index (χ2v) is 9.48. The van der Waals surface area contributed by atoms with Crippen molar-refractivity contribution in [2.45, 2.75) is 70.4 Å². The van der Waals surface area contributed by atoms with E-state index in [9.17, 15) is 14.7 Å². The maximum atomic E-state index is 13.6. The summed E-state index contributed by atoms with van der Waals surface area (Å²) in [6, 6.07) is 11.4. The molecule has 176 valence electrons. The molecule has 0 bridgehead atoms. The normalized spacial score (nSPS) is 22.0. The molecule has 0 spiro atoms. The average molecular weight is 452 g/mol. The summed E-state index contributed by atoms with van der Waals surface area (Å²) in [6.07, 6.45) is 4.14. The lowest BCUT2D eigenvalue weighted by Crippen LogP contribution is -2.44. The largest absolute Gasteiger partial charge is 0.391 e. The van der Waals surface area contributed by atoms with E-state index in [0.717, 1.165) is 43.4 Å². The molecule has 7 nitrogen and oxygen atoms in total. The Labute approximate surface area is 194 Å². The molecule has 5 rings (SSSR count). The molecule has 1 aliphatic carbocycles. The number of aliphatic hydroxyl groups is 1. The van der Waals surface area contributed by atoms with Gasteiger partial charge in [-0.1, -0.05) is 37.3 Å². The number of rotatable bonds is 7. The van der Waals surface area contributed by atoms with E-state index < -0.39 is 6.10 Å². The van der Waals surface area contributed by atoms with Gasteiger partial charge in [0, 0.05) is 13.1 Å². The molecule has 1 aromatic heterocycles. The van der Waals surface area contributed by atoms with Crippen molar-refractivity contribution in [2.24, 2.45) is 5.92 Å². The van der Waals surface area contributed by atoms with Gasteiger partial charge in [0.1, 0.15) is 5.69 Å². The number of benzene rings is 1. The van der Waals surface area contributed by atoms with Crippen LogP contribution in [0.15, 0.2) is 36.4 Å². The zero-order valence-corrected chi connectivity index (χ0v) is 19.2. The summed E-state index contributed by atoms with van der Waals surface area (Å²) in [6.45, 7) is 4.07. The Bertz CT molecular complexity index is 1010. The summed E-state index contributed by atoms with van der Waals surface area (Å²) >= 11 is 0. The van der Waals surface area contributed by atoms with E-state index in [2.05, 4.69) is 5.32 Å². The van der Waals surface area contributed by atoms with E-state index in [1.54, 1.807) is 6.07 Å². The van der Waals surface area contributed by atoms with E-state index >= 15 is 0 Å². The van der Waals surface area contributed by atoms with Gasteiger partial charge in [-0.3, -0.25) is 9.59 Å². The van der Waals surface area contributed by atoms with Crippen LogP contribution in [0.3, 0.4) is 0 Å². The van der Waals surface area contributed by atoms with Gasteiger partial charge in [0.05, 0.1) is 42.7 Å². The van der Waals surface area contributed by atoms with Gasteiger partial charge in [0.2, 0.25) is 0 Å². The number of fused-ring (bicyclic) bond motifs is 1. The minimum Gasteiger partial charge on any atom is -0.391 e. The topological polar surface area (TPSA) is 83.8 Å². The molecular formula is C26H33N3O4. The van der Waals surface area contributed by atoms with Crippen molar-refractivity contribution in [1.29, 1.82) is 0 Å². The number of hydrogen-bond acceptors (Lipinski definition) is 4. The van der Waals surface area contributed by atoms with Crippen LogP contribution in [0.4, 0.5) is 0 Å². The van der Waals surface area contributed by atoms with Crippen molar-refractivity contribution in [3.05, 3.63) is 58.9 Å². The van der Waals surface area contributed by atoms with E-state index in [1.807, 2.05) is 46.7 Å². The first kappa shape index (κ1) is 22.2. The number of likely N-dealkylation sites (tertiary alicyclic amines) is 1. The van der Waals surface area contributed by atoms with Crippen LogP contribution >= 0.6 is 0 Å². The number of carbonyl (C=O) groups excluding carboxylic acids is 2. The van der Waals surface area contributed by atoms with Crippen molar-refractivity contribution < 1.29 is 19.4 Å². The Morgan fingerprint density at radius 3 is 2.70 bits per heavy atom. The Hall–Kier alpha value is -2.64. The quantitative estimate of drug-likeness (QED) is 0.677. The Morgan fingerprint density at radius 2 is 1.97 bits per heavy atom. The zero-order valence-electron chi connectivity index (χ0n) is 19.2. The number of carbonyl (C=O) groups is 2. The number of aromatic nitrogens is 1. The van der Waals surface area contributed by atoms with Crippen molar-refractivity contribution in [3.8, 4) is 0 Å². The fraction of sp³-hybridized carbons (Fsp3) is 0.538. The van der Waals surface area contributed by atoms with Crippen LogP contribution < -0.4 is 5.32 Å². The van der Waals surface area contributed by atoms with Gasteiger partial charge in [-0.25, -0.2) is 0 Å². The number of aliphatic hydroxyl groups excluding tert-OH is 1. The van der Waals surface area contributed by atoms with E-state index in [0.29, 0.717) is 43.5 Å². The number of nitrogens with zero attached hydrogens (tertiary/aromatic N) is 2. The lowest BCUT2D eigenvalue weighted by Gasteiger charge is -2.29.